The Morgan fingerprint density at radius 2 is 1.75 bits per heavy atom. The normalized spacial score (nSPS) is 12.4. The molecule has 16 heavy (non-hydrogen) atoms. The standard InChI is InChI=1S/C13H12O2S/c1-10-7-8-13(16(14)15)12(9-10)11-5-3-2-4-6-11/h2-9H,1H3,(H,14,15). The third kappa shape index (κ3) is 2.21. The average molecular weight is 232 g/mol. The summed E-state index contributed by atoms with van der Waals surface area (Å²) < 4.78 is 20.4. The van der Waals surface area contributed by atoms with E-state index in [0.717, 1.165) is 16.7 Å². The molecular formula is C13H12O2S. The van der Waals surface area contributed by atoms with Crippen LogP contribution in [0, 0.1) is 6.92 Å². The zero-order valence-electron chi connectivity index (χ0n) is 8.88. The zero-order valence-corrected chi connectivity index (χ0v) is 9.70. The van der Waals surface area contributed by atoms with Gasteiger partial charge in [0.25, 0.3) is 0 Å². The molecule has 0 aromatic heterocycles. The fourth-order valence-electron chi connectivity index (χ4n) is 1.64. The third-order valence-corrected chi connectivity index (χ3v) is 3.14. The van der Waals surface area contributed by atoms with Crippen molar-refractivity contribution in [3.05, 3.63) is 54.1 Å². The molecule has 0 amide bonds. The second kappa shape index (κ2) is 4.60. The number of hydrogen-bond acceptors (Lipinski definition) is 1. The molecule has 1 atom stereocenters. The van der Waals surface area contributed by atoms with Crippen molar-refractivity contribution in [2.45, 2.75) is 11.8 Å². The van der Waals surface area contributed by atoms with Crippen LogP contribution >= 0.6 is 0 Å². The summed E-state index contributed by atoms with van der Waals surface area (Å²) >= 11 is -1.95. The average Bonchev–Trinajstić information content (AvgIpc) is 2.29. The van der Waals surface area contributed by atoms with Gasteiger partial charge in [0, 0.05) is 5.56 Å². The summed E-state index contributed by atoms with van der Waals surface area (Å²) in [5, 5.41) is 0. The van der Waals surface area contributed by atoms with Gasteiger partial charge in [-0.2, -0.15) is 0 Å². The highest BCUT2D eigenvalue weighted by atomic mass is 32.2. The smallest absolute Gasteiger partial charge is 0.187 e. The third-order valence-electron chi connectivity index (χ3n) is 2.41. The van der Waals surface area contributed by atoms with Crippen LogP contribution in [0.25, 0.3) is 11.1 Å². The van der Waals surface area contributed by atoms with Gasteiger partial charge in [0.1, 0.15) is 0 Å². The molecule has 82 valence electrons. The molecule has 0 aliphatic heterocycles. The molecule has 3 heteroatoms. The lowest BCUT2D eigenvalue weighted by Gasteiger charge is -2.07. The molecule has 0 heterocycles. The second-order valence-electron chi connectivity index (χ2n) is 3.61. The Kier molecular flexibility index (Phi) is 3.17. The Morgan fingerprint density at radius 3 is 2.38 bits per heavy atom. The summed E-state index contributed by atoms with van der Waals surface area (Å²) in [5.41, 5.74) is 2.86. The van der Waals surface area contributed by atoms with E-state index in [1.165, 1.54) is 0 Å². The van der Waals surface area contributed by atoms with Crippen LogP contribution in [0.5, 0.6) is 0 Å². The SMILES string of the molecule is Cc1ccc(S(=O)O)c(-c2ccccc2)c1. The van der Waals surface area contributed by atoms with Crippen LogP contribution in [0.2, 0.25) is 0 Å². The maximum absolute atomic E-state index is 11.2. The van der Waals surface area contributed by atoms with Gasteiger partial charge >= 0.3 is 0 Å². The molecule has 0 saturated carbocycles. The van der Waals surface area contributed by atoms with Crippen molar-refractivity contribution in [2.75, 3.05) is 0 Å². The van der Waals surface area contributed by atoms with E-state index in [4.69, 9.17) is 0 Å². The Balaban J connectivity index is 2.63. The number of hydrogen-bond donors (Lipinski definition) is 1. The zero-order chi connectivity index (χ0) is 11.5. The summed E-state index contributed by atoms with van der Waals surface area (Å²) in [4.78, 5) is 0.455. The van der Waals surface area contributed by atoms with Gasteiger partial charge < -0.3 is 4.55 Å². The molecule has 0 saturated heterocycles. The molecule has 0 spiro atoms. The lowest BCUT2D eigenvalue weighted by atomic mass is 10.0. The molecule has 1 unspecified atom stereocenters. The van der Waals surface area contributed by atoms with Gasteiger partial charge in [-0.3, -0.25) is 0 Å². The fourth-order valence-corrected chi connectivity index (χ4v) is 2.19. The summed E-state index contributed by atoms with van der Waals surface area (Å²) in [6, 6.07) is 15.1. The summed E-state index contributed by atoms with van der Waals surface area (Å²) in [7, 11) is 0. The minimum absolute atomic E-state index is 0.455. The van der Waals surface area contributed by atoms with Crippen LogP contribution < -0.4 is 0 Å². The van der Waals surface area contributed by atoms with Crippen LogP contribution in [0.1, 0.15) is 5.56 Å². The Labute approximate surface area is 97.2 Å². The van der Waals surface area contributed by atoms with Crippen LogP contribution in [-0.2, 0) is 11.1 Å². The van der Waals surface area contributed by atoms with Crippen molar-refractivity contribution < 1.29 is 8.76 Å². The van der Waals surface area contributed by atoms with Gasteiger partial charge in [-0.05, 0) is 18.6 Å². The molecule has 0 aliphatic rings. The van der Waals surface area contributed by atoms with Crippen molar-refractivity contribution in [1.82, 2.24) is 0 Å². The first-order chi connectivity index (χ1) is 7.68. The fraction of sp³-hybridized carbons (Fsp3) is 0.0769. The molecule has 1 N–H and O–H groups in total. The molecule has 2 rings (SSSR count). The molecule has 2 nitrogen and oxygen atoms in total. The van der Waals surface area contributed by atoms with Crippen LogP contribution in [0.15, 0.2) is 53.4 Å². The maximum atomic E-state index is 11.2. The lowest BCUT2D eigenvalue weighted by molar-refractivity contribution is 0.564. The van der Waals surface area contributed by atoms with E-state index in [1.807, 2.05) is 49.4 Å². The van der Waals surface area contributed by atoms with E-state index in [2.05, 4.69) is 0 Å². The molecule has 0 bridgehead atoms. The Morgan fingerprint density at radius 1 is 1.06 bits per heavy atom. The maximum Gasteiger partial charge on any atom is 0.187 e. The van der Waals surface area contributed by atoms with Crippen molar-refractivity contribution >= 4 is 11.1 Å². The lowest BCUT2D eigenvalue weighted by Crippen LogP contribution is -1.93. The number of rotatable bonds is 2. The van der Waals surface area contributed by atoms with Crippen molar-refractivity contribution in [3.8, 4) is 11.1 Å². The monoisotopic (exact) mass is 232 g/mol. The molecule has 0 aliphatic carbocycles. The largest absolute Gasteiger partial charge is 0.302 e. The van der Waals surface area contributed by atoms with E-state index in [0.29, 0.717) is 4.90 Å². The van der Waals surface area contributed by atoms with Crippen LogP contribution in [-0.4, -0.2) is 8.76 Å². The quantitative estimate of drug-likeness (QED) is 0.807. The highest BCUT2D eigenvalue weighted by Crippen LogP contribution is 2.26. The minimum atomic E-state index is -1.95. The molecule has 2 aromatic carbocycles. The number of benzene rings is 2. The second-order valence-corrected chi connectivity index (χ2v) is 4.55. The number of aryl methyl sites for hydroxylation is 1. The van der Waals surface area contributed by atoms with E-state index in [1.54, 1.807) is 6.07 Å². The molecule has 0 fully saturated rings. The first-order valence-corrected chi connectivity index (χ1v) is 6.06. The Bertz CT molecular complexity index is 521. The van der Waals surface area contributed by atoms with Crippen molar-refractivity contribution in [3.63, 3.8) is 0 Å². The summed E-state index contributed by atoms with van der Waals surface area (Å²) in [6.45, 7) is 1.97. The van der Waals surface area contributed by atoms with Gasteiger partial charge in [0.15, 0.2) is 11.1 Å². The van der Waals surface area contributed by atoms with E-state index in [-0.39, 0.29) is 0 Å². The van der Waals surface area contributed by atoms with Crippen molar-refractivity contribution in [2.24, 2.45) is 0 Å². The predicted molar refractivity (Wildman–Crippen MR) is 65.7 cm³/mol. The van der Waals surface area contributed by atoms with Gasteiger partial charge in [0.05, 0.1) is 4.90 Å². The first-order valence-electron chi connectivity index (χ1n) is 4.95. The predicted octanol–water partition coefficient (Wildman–Crippen LogP) is 3.24. The summed E-state index contributed by atoms with van der Waals surface area (Å²) in [5.74, 6) is 0. The highest BCUT2D eigenvalue weighted by molar-refractivity contribution is 7.79. The van der Waals surface area contributed by atoms with E-state index >= 15 is 0 Å². The van der Waals surface area contributed by atoms with Gasteiger partial charge in [-0.15, -0.1) is 0 Å². The molecule has 0 radical (unpaired) electrons. The van der Waals surface area contributed by atoms with Crippen molar-refractivity contribution in [1.29, 1.82) is 0 Å². The van der Waals surface area contributed by atoms with E-state index in [9.17, 15) is 8.76 Å². The van der Waals surface area contributed by atoms with Crippen LogP contribution in [0.4, 0.5) is 0 Å². The first kappa shape index (κ1) is 11.0. The van der Waals surface area contributed by atoms with Gasteiger partial charge in [-0.1, -0.05) is 48.0 Å². The highest BCUT2D eigenvalue weighted by Gasteiger charge is 2.09. The summed E-state index contributed by atoms with van der Waals surface area (Å²) in [6.07, 6.45) is 0. The molecule has 2 aromatic rings. The molecular weight excluding hydrogens is 220 g/mol. The van der Waals surface area contributed by atoms with Crippen LogP contribution in [0.3, 0.4) is 0 Å². The van der Waals surface area contributed by atoms with Gasteiger partial charge in [-0.25, -0.2) is 4.21 Å². The minimum Gasteiger partial charge on any atom is -0.302 e. The van der Waals surface area contributed by atoms with E-state index < -0.39 is 11.1 Å². The Hall–Kier alpha value is -1.45. The van der Waals surface area contributed by atoms with Gasteiger partial charge in [0.2, 0.25) is 0 Å². The topological polar surface area (TPSA) is 37.3 Å².